The molecule has 1 N–H and O–H groups in total. The number of fused-ring (bicyclic) bond motifs is 1. The largest absolute Gasteiger partial charge is 0.283 e. The van der Waals surface area contributed by atoms with E-state index < -0.39 is 22.4 Å². The predicted octanol–water partition coefficient (Wildman–Crippen LogP) is 3.94. The van der Waals surface area contributed by atoms with Gasteiger partial charge in [0.2, 0.25) is 0 Å². The number of benzene rings is 2. The van der Waals surface area contributed by atoms with E-state index in [2.05, 4.69) is 10.2 Å². The van der Waals surface area contributed by atoms with Crippen molar-refractivity contribution in [3.05, 3.63) is 79.9 Å². The monoisotopic (exact) mass is 439 g/mol. The molecule has 0 bridgehead atoms. The van der Waals surface area contributed by atoms with E-state index in [1.807, 2.05) is 18.2 Å². The molecular formula is C19H10ClN5O4S. The molecular weight excluding hydrogens is 430 g/mol. The minimum atomic E-state index is -0.884. The van der Waals surface area contributed by atoms with Crippen LogP contribution >= 0.6 is 23.4 Å². The normalized spacial score (nSPS) is 12.7. The van der Waals surface area contributed by atoms with E-state index in [4.69, 9.17) is 11.6 Å². The Labute approximate surface area is 178 Å². The molecule has 0 unspecified atom stereocenters. The Bertz CT molecular complexity index is 1270. The summed E-state index contributed by atoms with van der Waals surface area (Å²) in [6.07, 6.45) is 0. The van der Waals surface area contributed by atoms with Gasteiger partial charge in [-0.3, -0.25) is 24.8 Å². The van der Waals surface area contributed by atoms with Crippen LogP contribution in [-0.4, -0.2) is 26.9 Å². The average Bonchev–Trinajstić information content (AvgIpc) is 3.25. The Balaban J connectivity index is 1.69. The Morgan fingerprint density at radius 1 is 1.20 bits per heavy atom. The number of rotatable bonds is 5. The standard InChI is InChI=1S/C19H10ClN5O4S/c20-13-6-2-1-4-10(13)9-30-17-12(8-21)16(22-23-17)24-18(26)11-5-3-7-14(25(28)29)15(11)19(24)27/h1-7H,9H2,(H,22,23). The third kappa shape index (κ3) is 3.10. The van der Waals surface area contributed by atoms with Gasteiger partial charge in [0.25, 0.3) is 17.5 Å². The van der Waals surface area contributed by atoms with Crippen molar-refractivity contribution >= 4 is 46.7 Å². The summed E-state index contributed by atoms with van der Waals surface area (Å²) in [4.78, 5) is 36.9. The van der Waals surface area contributed by atoms with E-state index in [-0.39, 0.29) is 27.5 Å². The summed E-state index contributed by atoms with van der Waals surface area (Å²) in [5.41, 5.74) is -0.0629. The maximum atomic E-state index is 12.9. The molecule has 0 atom stereocenters. The van der Waals surface area contributed by atoms with Crippen molar-refractivity contribution in [1.29, 1.82) is 5.26 Å². The van der Waals surface area contributed by atoms with Crippen LogP contribution in [0, 0.1) is 21.4 Å². The molecule has 9 nitrogen and oxygen atoms in total. The maximum Gasteiger partial charge on any atom is 0.283 e. The number of nitrogens with zero attached hydrogens (tertiary/aromatic N) is 4. The fraction of sp³-hybridized carbons (Fsp3) is 0.0526. The Kier molecular flexibility index (Phi) is 4.99. The number of carbonyl (C=O) groups excluding carboxylic acids is 2. The molecule has 2 amide bonds. The highest BCUT2D eigenvalue weighted by Gasteiger charge is 2.43. The summed E-state index contributed by atoms with van der Waals surface area (Å²) < 4.78 is 0. The molecule has 2 aromatic carbocycles. The topological polar surface area (TPSA) is 133 Å². The number of amides is 2. The summed E-state index contributed by atoms with van der Waals surface area (Å²) in [6.45, 7) is 0. The van der Waals surface area contributed by atoms with Crippen LogP contribution in [0.25, 0.3) is 0 Å². The molecule has 30 heavy (non-hydrogen) atoms. The number of nitriles is 1. The highest BCUT2D eigenvalue weighted by atomic mass is 35.5. The first-order valence-electron chi connectivity index (χ1n) is 8.45. The molecule has 0 saturated heterocycles. The molecule has 2 heterocycles. The minimum absolute atomic E-state index is 0.00999. The lowest BCUT2D eigenvalue weighted by Crippen LogP contribution is -2.30. The number of aromatic amines is 1. The van der Waals surface area contributed by atoms with E-state index >= 15 is 0 Å². The second-order valence-electron chi connectivity index (χ2n) is 6.15. The van der Waals surface area contributed by atoms with Crippen LogP contribution in [0.15, 0.2) is 47.5 Å². The number of halogens is 1. The summed E-state index contributed by atoms with van der Waals surface area (Å²) in [6, 6.07) is 13.0. The number of nitro groups is 1. The molecule has 1 aromatic heterocycles. The van der Waals surface area contributed by atoms with E-state index in [9.17, 15) is 25.0 Å². The number of H-pyrrole nitrogens is 1. The SMILES string of the molecule is N#Cc1c(SCc2ccccc2Cl)n[nH]c1N1C(=O)c2cccc([N+](=O)[O-])c2C1=O. The van der Waals surface area contributed by atoms with Gasteiger partial charge in [0, 0.05) is 16.8 Å². The molecule has 11 heteroatoms. The number of hydrogen-bond donors (Lipinski definition) is 1. The van der Waals surface area contributed by atoms with E-state index in [0.29, 0.717) is 15.7 Å². The number of aromatic nitrogens is 2. The first-order chi connectivity index (χ1) is 14.4. The lowest BCUT2D eigenvalue weighted by atomic mass is 10.1. The van der Waals surface area contributed by atoms with Gasteiger partial charge in [-0.15, -0.1) is 0 Å². The number of nitro benzene ring substituents is 1. The van der Waals surface area contributed by atoms with Crippen LogP contribution in [0.5, 0.6) is 0 Å². The highest BCUT2D eigenvalue weighted by Crippen LogP contribution is 2.37. The fourth-order valence-electron chi connectivity index (χ4n) is 3.07. The summed E-state index contributed by atoms with van der Waals surface area (Å²) in [5.74, 6) is -1.36. The van der Waals surface area contributed by atoms with Gasteiger partial charge in [-0.1, -0.05) is 47.6 Å². The third-order valence-corrected chi connectivity index (χ3v) is 5.85. The van der Waals surface area contributed by atoms with Crippen molar-refractivity contribution in [3.63, 3.8) is 0 Å². The molecule has 1 aliphatic rings. The molecule has 3 aromatic rings. The van der Waals surface area contributed by atoms with Gasteiger partial charge in [0.05, 0.1) is 10.5 Å². The zero-order valence-corrected chi connectivity index (χ0v) is 16.5. The van der Waals surface area contributed by atoms with Crippen molar-refractivity contribution in [1.82, 2.24) is 10.2 Å². The minimum Gasteiger partial charge on any atom is -0.268 e. The van der Waals surface area contributed by atoms with Gasteiger partial charge >= 0.3 is 0 Å². The molecule has 0 fully saturated rings. The molecule has 1 aliphatic heterocycles. The Hall–Kier alpha value is -3.68. The van der Waals surface area contributed by atoms with Crippen LogP contribution in [0.4, 0.5) is 11.5 Å². The van der Waals surface area contributed by atoms with Gasteiger partial charge < -0.3 is 0 Å². The molecule has 0 saturated carbocycles. The van der Waals surface area contributed by atoms with Crippen molar-refractivity contribution < 1.29 is 14.5 Å². The van der Waals surface area contributed by atoms with Gasteiger partial charge in [0.15, 0.2) is 5.82 Å². The van der Waals surface area contributed by atoms with E-state index in [0.717, 1.165) is 11.6 Å². The second-order valence-corrected chi connectivity index (χ2v) is 7.52. The fourth-order valence-corrected chi connectivity index (χ4v) is 4.29. The second kappa shape index (κ2) is 7.62. The van der Waals surface area contributed by atoms with Crippen molar-refractivity contribution in [2.24, 2.45) is 0 Å². The number of anilines is 1. The summed E-state index contributed by atoms with van der Waals surface area (Å²) in [7, 11) is 0. The van der Waals surface area contributed by atoms with Gasteiger partial charge in [-0.2, -0.15) is 10.4 Å². The maximum absolute atomic E-state index is 12.9. The van der Waals surface area contributed by atoms with Crippen LogP contribution in [-0.2, 0) is 5.75 Å². The van der Waals surface area contributed by atoms with E-state index in [1.54, 1.807) is 12.1 Å². The predicted molar refractivity (Wildman–Crippen MR) is 109 cm³/mol. The van der Waals surface area contributed by atoms with Crippen molar-refractivity contribution in [2.75, 3.05) is 4.90 Å². The number of nitrogens with one attached hydrogen (secondary N) is 1. The molecule has 4 rings (SSSR count). The van der Waals surface area contributed by atoms with Gasteiger partial charge in [0.1, 0.15) is 22.2 Å². The summed E-state index contributed by atoms with van der Waals surface area (Å²) >= 11 is 7.35. The molecule has 0 aliphatic carbocycles. The lowest BCUT2D eigenvalue weighted by molar-refractivity contribution is -0.385. The summed E-state index contributed by atoms with van der Waals surface area (Å²) in [5, 5.41) is 28.3. The zero-order chi connectivity index (χ0) is 21.4. The first kappa shape index (κ1) is 19.6. The number of imide groups is 1. The average molecular weight is 440 g/mol. The first-order valence-corrected chi connectivity index (χ1v) is 9.81. The molecule has 0 spiro atoms. The van der Waals surface area contributed by atoms with Crippen LogP contribution in [0.3, 0.4) is 0 Å². The Morgan fingerprint density at radius 3 is 2.67 bits per heavy atom. The number of thioether (sulfide) groups is 1. The quantitative estimate of drug-likeness (QED) is 0.275. The van der Waals surface area contributed by atoms with Crippen molar-refractivity contribution in [3.8, 4) is 6.07 Å². The zero-order valence-electron chi connectivity index (χ0n) is 15.0. The van der Waals surface area contributed by atoms with Crippen LogP contribution < -0.4 is 4.90 Å². The number of hydrogen-bond acceptors (Lipinski definition) is 7. The smallest absolute Gasteiger partial charge is 0.268 e. The van der Waals surface area contributed by atoms with Crippen LogP contribution in [0.2, 0.25) is 5.02 Å². The molecule has 0 radical (unpaired) electrons. The van der Waals surface area contributed by atoms with Crippen LogP contribution in [0.1, 0.15) is 31.8 Å². The van der Waals surface area contributed by atoms with E-state index in [1.165, 1.54) is 23.9 Å². The van der Waals surface area contributed by atoms with Crippen molar-refractivity contribution in [2.45, 2.75) is 10.8 Å². The van der Waals surface area contributed by atoms with Gasteiger partial charge in [-0.05, 0) is 17.7 Å². The third-order valence-electron chi connectivity index (χ3n) is 4.46. The lowest BCUT2D eigenvalue weighted by Gasteiger charge is -2.11. The van der Waals surface area contributed by atoms with Gasteiger partial charge in [-0.25, -0.2) is 4.90 Å². The number of carbonyl (C=O) groups is 2. The molecule has 148 valence electrons. The Morgan fingerprint density at radius 2 is 1.97 bits per heavy atom. The highest BCUT2D eigenvalue weighted by molar-refractivity contribution is 7.98.